The summed E-state index contributed by atoms with van der Waals surface area (Å²) in [5.41, 5.74) is -0.761. The molecule has 0 saturated carbocycles. The third-order valence-corrected chi connectivity index (χ3v) is 12.7. The average Bonchev–Trinajstić information content (AvgIpc) is 3.15. The van der Waals surface area contributed by atoms with E-state index in [9.17, 15) is 9.59 Å². The maximum atomic E-state index is 13.3. The van der Waals surface area contributed by atoms with Gasteiger partial charge < -0.3 is 19.5 Å². The lowest BCUT2D eigenvalue weighted by Gasteiger charge is -2.41. The first kappa shape index (κ1) is 53.9. The number of esters is 2. The third-order valence-electron chi connectivity index (χ3n) is 12.7. The van der Waals surface area contributed by atoms with Crippen molar-refractivity contribution in [3.63, 3.8) is 0 Å². The summed E-state index contributed by atoms with van der Waals surface area (Å²) in [6, 6.07) is 0. The van der Waals surface area contributed by atoms with Crippen LogP contribution < -0.4 is 5.32 Å². The second-order valence-electron chi connectivity index (χ2n) is 19.6. The van der Waals surface area contributed by atoms with Gasteiger partial charge in [0.1, 0.15) is 6.10 Å². The molecule has 1 aliphatic heterocycles. The van der Waals surface area contributed by atoms with Gasteiger partial charge in [0.25, 0.3) is 0 Å². The number of cyclic esters (lactones) is 1. The minimum atomic E-state index is -0.617. The summed E-state index contributed by atoms with van der Waals surface area (Å²) < 4.78 is 17.8. The summed E-state index contributed by atoms with van der Waals surface area (Å²) in [4.78, 5) is 26.0. The van der Waals surface area contributed by atoms with Gasteiger partial charge in [0.2, 0.25) is 0 Å². The van der Waals surface area contributed by atoms with Gasteiger partial charge in [-0.2, -0.15) is 0 Å². The van der Waals surface area contributed by atoms with Crippen molar-refractivity contribution < 1.29 is 23.8 Å². The van der Waals surface area contributed by atoms with Crippen LogP contribution >= 0.6 is 0 Å². The van der Waals surface area contributed by atoms with Crippen LogP contribution in [0.4, 0.5) is 0 Å². The number of ether oxygens (including phenoxy) is 3. The molecule has 0 aliphatic carbocycles. The maximum absolute atomic E-state index is 13.3. The molecule has 1 aliphatic rings. The van der Waals surface area contributed by atoms with Crippen LogP contribution in [0.1, 0.15) is 234 Å². The van der Waals surface area contributed by atoms with Gasteiger partial charge in [-0.15, -0.1) is 0 Å². The normalized spacial score (nSPS) is 22.4. The van der Waals surface area contributed by atoms with Gasteiger partial charge in [0.05, 0.1) is 30.8 Å². The second-order valence-corrected chi connectivity index (χ2v) is 19.6. The number of rotatable bonds is 6. The predicted molar refractivity (Wildman–Crippen MR) is 248 cm³/mol. The first-order valence-electron chi connectivity index (χ1n) is 24.4. The molecule has 1 N–H and O–H groups in total. The Morgan fingerprint density at radius 3 is 1.45 bits per heavy atom. The van der Waals surface area contributed by atoms with Crippen LogP contribution in [-0.4, -0.2) is 44.8 Å². The highest BCUT2D eigenvalue weighted by Gasteiger charge is 2.39. The Kier molecular flexibility index (Phi) is 31.3. The molecule has 1 unspecified atom stereocenters. The average molecular weight is 814 g/mol. The first-order valence-corrected chi connectivity index (χ1v) is 24.4. The molecule has 0 radical (unpaired) electrons. The fourth-order valence-electron chi connectivity index (χ4n) is 7.91. The molecule has 6 nitrogen and oxygen atoms in total. The predicted octanol–water partition coefficient (Wildman–Crippen LogP) is 15.1. The molecule has 0 bridgehead atoms. The molecule has 1 rings (SSSR count). The highest BCUT2D eigenvalue weighted by molar-refractivity contribution is 5.76. The van der Waals surface area contributed by atoms with E-state index >= 15 is 0 Å². The number of carbonyl (C=O) groups excluding carboxylic acids is 2. The van der Waals surface area contributed by atoms with Crippen LogP contribution in [-0.2, 0) is 23.8 Å². The molecule has 0 fully saturated rings. The third kappa shape index (κ3) is 28.4. The van der Waals surface area contributed by atoms with Crippen LogP contribution in [0, 0.1) is 16.2 Å². The van der Waals surface area contributed by atoms with Crippen LogP contribution in [0.2, 0.25) is 0 Å². The van der Waals surface area contributed by atoms with Gasteiger partial charge in [-0.3, -0.25) is 9.59 Å². The van der Waals surface area contributed by atoms with Gasteiger partial charge in [-0.05, 0) is 122 Å². The first-order chi connectivity index (χ1) is 27.8. The van der Waals surface area contributed by atoms with E-state index in [-0.39, 0.29) is 28.9 Å². The molecule has 0 aromatic heterocycles. The molecule has 338 valence electrons. The van der Waals surface area contributed by atoms with Crippen molar-refractivity contribution in [3.8, 4) is 0 Å². The van der Waals surface area contributed by atoms with Gasteiger partial charge in [-0.1, -0.05) is 148 Å². The molecule has 0 aromatic carbocycles. The molecule has 6 heteroatoms. The monoisotopic (exact) mass is 814 g/mol. The highest BCUT2D eigenvalue weighted by atomic mass is 16.5. The van der Waals surface area contributed by atoms with E-state index in [1.165, 1.54) is 128 Å². The number of hydrogen-bond donors (Lipinski definition) is 1. The molecule has 0 aromatic rings. The number of hydrogen-bond acceptors (Lipinski definition) is 6. The summed E-state index contributed by atoms with van der Waals surface area (Å²) in [6.07, 6.45) is 43.8. The van der Waals surface area contributed by atoms with E-state index in [4.69, 9.17) is 14.2 Å². The Hall–Kier alpha value is -2.08. The van der Waals surface area contributed by atoms with Crippen molar-refractivity contribution in [2.75, 3.05) is 26.8 Å². The van der Waals surface area contributed by atoms with Gasteiger partial charge in [-0.25, -0.2) is 0 Å². The van der Waals surface area contributed by atoms with Crippen LogP contribution in [0.5, 0.6) is 0 Å². The van der Waals surface area contributed by atoms with Crippen molar-refractivity contribution >= 4 is 11.9 Å². The van der Waals surface area contributed by atoms with Crippen molar-refractivity contribution in [1.29, 1.82) is 0 Å². The molecular formula is C52H95NO5. The van der Waals surface area contributed by atoms with Crippen molar-refractivity contribution in [2.24, 2.45) is 16.2 Å². The van der Waals surface area contributed by atoms with E-state index in [0.717, 1.165) is 57.9 Å². The summed E-state index contributed by atoms with van der Waals surface area (Å²) in [7, 11) is 1.99. The Balaban J connectivity index is 2.56. The zero-order valence-corrected chi connectivity index (χ0v) is 39.5. The Labute approximate surface area is 359 Å². The lowest BCUT2D eigenvalue weighted by atomic mass is 9.66. The molecule has 1 atom stereocenters. The number of allylic oxidation sites excluding steroid dienone is 5. The van der Waals surface area contributed by atoms with Gasteiger partial charge >= 0.3 is 11.9 Å². The molecular weight excluding hydrogens is 719 g/mol. The Bertz CT molecular complexity index is 1110. The Morgan fingerprint density at radius 2 is 1.02 bits per heavy atom. The molecule has 1 heterocycles. The van der Waals surface area contributed by atoms with Gasteiger partial charge in [0.15, 0.2) is 0 Å². The second kappa shape index (κ2) is 33.6. The van der Waals surface area contributed by atoms with E-state index in [2.05, 4.69) is 63.9 Å². The van der Waals surface area contributed by atoms with E-state index < -0.39 is 5.41 Å². The van der Waals surface area contributed by atoms with Gasteiger partial charge in [0, 0.05) is 13.0 Å². The number of carbonyl (C=O) groups is 2. The summed E-state index contributed by atoms with van der Waals surface area (Å²) in [6.45, 7) is 18.9. The Morgan fingerprint density at radius 1 is 0.638 bits per heavy atom. The maximum Gasteiger partial charge on any atom is 0.311 e. The summed E-state index contributed by atoms with van der Waals surface area (Å²) >= 11 is 0. The quantitative estimate of drug-likeness (QED) is 0.213. The summed E-state index contributed by atoms with van der Waals surface area (Å²) in [5.74, 6) is 0.511. The van der Waals surface area contributed by atoms with Crippen molar-refractivity contribution in [1.82, 2.24) is 5.32 Å². The molecule has 58 heavy (non-hydrogen) atoms. The molecule has 0 amide bonds. The minimum absolute atomic E-state index is 0.00258. The largest absolute Gasteiger partial charge is 0.499 e. The highest BCUT2D eigenvalue weighted by Crippen LogP contribution is 2.41. The fourth-order valence-corrected chi connectivity index (χ4v) is 7.91. The zero-order valence-electron chi connectivity index (χ0n) is 39.5. The minimum Gasteiger partial charge on any atom is -0.499 e. The summed E-state index contributed by atoms with van der Waals surface area (Å²) in [5, 5.41) is 3.31. The lowest BCUT2D eigenvalue weighted by Crippen LogP contribution is -2.42. The molecule has 0 spiro atoms. The smallest absolute Gasteiger partial charge is 0.311 e. The SMILES string of the molecule is C=C1CC(C)(C)C(=O)OCCCCCCCC=CCCCCCCCCC(OC(=O)CC(C)(C)C(C)(C)CNC)CCCCCCCCC=CCCCCCCCO1. The number of nitrogens with one attached hydrogen (secondary N) is 1. The van der Waals surface area contributed by atoms with E-state index in [1.807, 2.05) is 20.9 Å². The van der Waals surface area contributed by atoms with E-state index in [0.29, 0.717) is 31.8 Å². The van der Waals surface area contributed by atoms with E-state index in [1.54, 1.807) is 0 Å². The molecule has 0 saturated heterocycles. The lowest BCUT2D eigenvalue weighted by molar-refractivity contribution is -0.155. The van der Waals surface area contributed by atoms with Crippen molar-refractivity contribution in [2.45, 2.75) is 240 Å². The fraction of sp³-hybridized carbons (Fsp3) is 0.846. The topological polar surface area (TPSA) is 73.9 Å². The van der Waals surface area contributed by atoms with Crippen molar-refractivity contribution in [3.05, 3.63) is 36.6 Å². The standard InChI is InChI=1S/C52H95NO5/c1-46-43-50(2,3)49(55)57-42-38-34-30-26-22-18-14-10-12-16-20-24-28-32-36-40-47(58-48(54)44-51(4,5)52(6,7)45-53-8)39-35-31-27-23-19-15-11-9-13-17-21-25-29-33-37-41-56-46/h9-10,13-14,47,53H,1,11-12,15-45H2,2-8H3. The van der Waals surface area contributed by atoms with Crippen LogP contribution in [0.25, 0.3) is 0 Å². The van der Waals surface area contributed by atoms with Crippen LogP contribution in [0.3, 0.4) is 0 Å². The van der Waals surface area contributed by atoms with Crippen LogP contribution in [0.15, 0.2) is 36.6 Å². The zero-order chi connectivity index (χ0) is 42.8.